The SMILES string of the molecule is O=c1ccc2cc3ccoc3c(OCCCN3CCN(CCNc4c5ccccc5nc5ccccc45)CC3)c2o1. The molecule has 208 valence electrons. The number of hydrogen-bond donors (Lipinski definition) is 1. The van der Waals surface area contributed by atoms with Gasteiger partial charge in [-0.3, -0.25) is 4.90 Å². The lowest BCUT2D eigenvalue weighted by Crippen LogP contribution is -2.47. The summed E-state index contributed by atoms with van der Waals surface area (Å²) in [5.41, 5.74) is 3.86. The first-order valence-electron chi connectivity index (χ1n) is 14.3. The second kappa shape index (κ2) is 11.2. The number of nitrogens with one attached hydrogen (secondary N) is 1. The highest BCUT2D eigenvalue weighted by atomic mass is 16.5. The molecular formula is C33H32N4O4. The van der Waals surface area contributed by atoms with Crippen LogP contribution in [0.25, 0.3) is 43.7 Å². The monoisotopic (exact) mass is 548 g/mol. The highest BCUT2D eigenvalue weighted by Crippen LogP contribution is 2.35. The molecule has 1 aliphatic rings. The standard InChI is InChI=1S/C33H32N4O4/c38-29-11-10-23-22-24-12-21-40-31(24)33(32(23)41-29)39-20-5-14-36-16-18-37(19-17-36)15-13-34-30-25-6-1-3-8-27(25)35-28-9-4-2-7-26(28)30/h1-4,6-12,21-22H,5,13-20H2,(H,34,35). The number of rotatable bonds is 9. The third kappa shape index (κ3) is 5.24. The van der Waals surface area contributed by atoms with E-state index in [0.29, 0.717) is 23.5 Å². The van der Waals surface area contributed by atoms with Gasteiger partial charge in [-0.2, -0.15) is 0 Å². The average molecular weight is 549 g/mol. The number of benzene rings is 3. The van der Waals surface area contributed by atoms with E-state index in [1.54, 1.807) is 12.3 Å². The number of furan rings is 1. The fraction of sp³-hybridized carbons (Fsp3) is 0.273. The molecule has 1 N–H and O–H groups in total. The highest BCUT2D eigenvalue weighted by Gasteiger charge is 2.18. The Bertz CT molecular complexity index is 1830. The van der Waals surface area contributed by atoms with Crippen LogP contribution in [0.4, 0.5) is 5.69 Å². The van der Waals surface area contributed by atoms with E-state index in [0.717, 1.165) is 84.8 Å². The molecule has 0 radical (unpaired) electrons. The van der Waals surface area contributed by atoms with E-state index in [-0.39, 0.29) is 0 Å². The number of piperazine rings is 1. The smallest absolute Gasteiger partial charge is 0.336 e. The quantitative estimate of drug-likeness (QED) is 0.139. The molecule has 0 amide bonds. The van der Waals surface area contributed by atoms with E-state index in [9.17, 15) is 4.79 Å². The number of nitrogens with zero attached hydrogens (tertiary/aromatic N) is 3. The molecule has 7 rings (SSSR count). The fourth-order valence-electron chi connectivity index (χ4n) is 5.81. The second-order valence-corrected chi connectivity index (χ2v) is 10.6. The Hall–Kier alpha value is -4.40. The first-order valence-corrected chi connectivity index (χ1v) is 14.3. The van der Waals surface area contributed by atoms with Gasteiger partial charge >= 0.3 is 5.63 Å². The largest absolute Gasteiger partial charge is 0.486 e. The zero-order chi connectivity index (χ0) is 27.6. The molecule has 0 spiro atoms. The molecule has 0 aliphatic carbocycles. The lowest BCUT2D eigenvalue weighted by atomic mass is 10.1. The molecule has 8 heteroatoms. The van der Waals surface area contributed by atoms with E-state index in [1.165, 1.54) is 11.8 Å². The van der Waals surface area contributed by atoms with Gasteiger partial charge in [0, 0.05) is 73.4 Å². The van der Waals surface area contributed by atoms with Gasteiger partial charge < -0.3 is 23.8 Å². The maximum absolute atomic E-state index is 11.8. The maximum Gasteiger partial charge on any atom is 0.336 e. The van der Waals surface area contributed by atoms with Gasteiger partial charge in [0.15, 0.2) is 11.2 Å². The van der Waals surface area contributed by atoms with Crippen molar-refractivity contribution in [3.8, 4) is 5.75 Å². The second-order valence-electron chi connectivity index (χ2n) is 10.6. The van der Waals surface area contributed by atoms with Crippen molar-refractivity contribution in [2.75, 3.05) is 57.7 Å². The van der Waals surface area contributed by atoms with Crippen LogP contribution in [0.15, 0.2) is 92.7 Å². The van der Waals surface area contributed by atoms with E-state index < -0.39 is 5.63 Å². The lowest BCUT2D eigenvalue weighted by molar-refractivity contribution is 0.129. The minimum absolute atomic E-state index is 0.399. The fourth-order valence-corrected chi connectivity index (χ4v) is 5.81. The molecule has 3 aromatic heterocycles. The van der Waals surface area contributed by atoms with Crippen molar-refractivity contribution >= 4 is 49.4 Å². The molecule has 1 saturated heterocycles. The van der Waals surface area contributed by atoms with E-state index in [4.69, 9.17) is 18.6 Å². The van der Waals surface area contributed by atoms with Crippen molar-refractivity contribution in [1.29, 1.82) is 0 Å². The van der Waals surface area contributed by atoms with Crippen LogP contribution >= 0.6 is 0 Å². The molecule has 0 bridgehead atoms. The van der Waals surface area contributed by atoms with Gasteiger partial charge in [-0.25, -0.2) is 9.78 Å². The van der Waals surface area contributed by atoms with Crippen LogP contribution in [0.3, 0.4) is 0 Å². The van der Waals surface area contributed by atoms with Gasteiger partial charge in [-0.1, -0.05) is 36.4 Å². The Morgan fingerprint density at radius 2 is 1.49 bits per heavy atom. The van der Waals surface area contributed by atoms with Gasteiger partial charge in [0.2, 0.25) is 5.75 Å². The summed E-state index contributed by atoms with van der Waals surface area (Å²) in [5.74, 6) is 0.507. The van der Waals surface area contributed by atoms with Crippen LogP contribution in [-0.2, 0) is 0 Å². The first-order chi connectivity index (χ1) is 20.2. The van der Waals surface area contributed by atoms with Gasteiger partial charge in [0.05, 0.1) is 29.6 Å². The first kappa shape index (κ1) is 25.6. The number of aromatic nitrogens is 1. The normalized spacial score (nSPS) is 14.8. The topological polar surface area (TPSA) is 84.0 Å². The Morgan fingerprint density at radius 3 is 2.24 bits per heavy atom. The maximum atomic E-state index is 11.8. The van der Waals surface area contributed by atoms with Crippen molar-refractivity contribution in [3.05, 3.63) is 89.5 Å². The van der Waals surface area contributed by atoms with Crippen molar-refractivity contribution < 1.29 is 13.6 Å². The number of anilines is 1. The molecule has 1 fully saturated rings. The Morgan fingerprint density at radius 1 is 0.805 bits per heavy atom. The summed E-state index contributed by atoms with van der Waals surface area (Å²) >= 11 is 0. The van der Waals surface area contributed by atoms with Crippen LogP contribution in [0.5, 0.6) is 5.75 Å². The highest BCUT2D eigenvalue weighted by molar-refractivity contribution is 6.07. The predicted octanol–water partition coefficient (Wildman–Crippen LogP) is 5.74. The van der Waals surface area contributed by atoms with Crippen molar-refractivity contribution in [2.45, 2.75) is 6.42 Å². The Labute approximate surface area is 237 Å². The molecule has 8 nitrogen and oxygen atoms in total. The molecule has 6 aromatic rings. The van der Waals surface area contributed by atoms with Gasteiger partial charge in [-0.15, -0.1) is 0 Å². The molecule has 1 aliphatic heterocycles. The van der Waals surface area contributed by atoms with Crippen LogP contribution in [0.1, 0.15) is 6.42 Å². The van der Waals surface area contributed by atoms with Crippen LogP contribution in [-0.4, -0.2) is 67.2 Å². The summed E-state index contributed by atoms with van der Waals surface area (Å²) in [6.45, 7) is 7.51. The van der Waals surface area contributed by atoms with Crippen molar-refractivity contribution in [3.63, 3.8) is 0 Å². The molecule has 0 unspecified atom stereocenters. The van der Waals surface area contributed by atoms with E-state index >= 15 is 0 Å². The summed E-state index contributed by atoms with van der Waals surface area (Å²) in [5, 5.41) is 7.81. The van der Waals surface area contributed by atoms with Crippen molar-refractivity contribution in [2.24, 2.45) is 0 Å². The van der Waals surface area contributed by atoms with Gasteiger partial charge in [0.1, 0.15) is 0 Å². The van der Waals surface area contributed by atoms with Crippen LogP contribution in [0.2, 0.25) is 0 Å². The zero-order valence-electron chi connectivity index (χ0n) is 22.8. The molecule has 0 saturated carbocycles. The van der Waals surface area contributed by atoms with Crippen LogP contribution < -0.4 is 15.7 Å². The summed E-state index contributed by atoms with van der Waals surface area (Å²) in [6, 6.07) is 23.7. The summed E-state index contributed by atoms with van der Waals surface area (Å²) in [4.78, 5) is 21.7. The molecule has 4 heterocycles. The zero-order valence-corrected chi connectivity index (χ0v) is 22.8. The number of fused-ring (bicyclic) bond motifs is 4. The Balaban J connectivity index is 0.908. The summed E-state index contributed by atoms with van der Waals surface area (Å²) < 4.78 is 17.3. The molecule has 41 heavy (non-hydrogen) atoms. The van der Waals surface area contributed by atoms with Gasteiger partial charge in [-0.05, 0) is 36.8 Å². The third-order valence-electron chi connectivity index (χ3n) is 7.93. The van der Waals surface area contributed by atoms with Gasteiger partial charge in [0.25, 0.3) is 0 Å². The molecule has 3 aromatic carbocycles. The average Bonchev–Trinajstić information content (AvgIpc) is 3.48. The Kier molecular flexibility index (Phi) is 7.00. The van der Waals surface area contributed by atoms with Crippen molar-refractivity contribution in [1.82, 2.24) is 14.8 Å². The lowest BCUT2D eigenvalue weighted by Gasteiger charge is -2.34. The third-order valence-corrected chi connectivity index (χ3v) is 7.93. The summed E-state index contributed by atoms with van der Waals surface area (Å²) in [7, 11) is 0. The minimum atomic E-state index is -0.399. The number of hydrogen-bond acceptors (Lipinski definition) is 8. The number of pyridine rings is 1. The molecular weight excluding hydrogens is 516 g/mol. The number of para-hydroxylation sites is 2. The summed E-state index contributed by atoms with van der Waals surface area (Å²) in [6.07, 6.45) is 2.50. The number of ether oxygens (including phenoxy) is 1. The minimum Gasteiger partial charge on any atom is -0.486 e. The predicted molar refractivity (Wildman–Crippen MR) is 163 cm³/mol. The van der Waals surface area contributed by atoms with E-state index in [2.05, 4.69) is 51.5 Å². The van der Waals surface area contributed by atoms with E-state index in [1.807, 2.05) is 24.3 Å². The van der Waals surface area contributed by atoms with Crippen LogP contribution in [0, 0.1) is 0 Å². The molecule has 0 atom stereocenters.